The summed E-state index contributed by atoms with van der Waals surface area (Å²) in [5.74, 6) is 3.50. The predicted octanol–water partition coefficient (Wildman–Crippen LogP) is 4.09. The average molecular weight is 412 g/mol. The van der Waals surface area contributed by atoms with E-state index in [4.69, 9.17) is 4.52 Å². The van der Waals surface area contributed by atoms with E-state index in [1.165, 1.54) is 32.1 Å². The van der Waals surface area contributed by atoms with Crippen LogP contribution in [0.4, 0.5) is 5.82 Å². The summed E-state index contributed by atoms with van der Waals surface area (Å²) < 4.78 is 5.04. The maximum Gasteiger partial charge on any atom is 0.225 e. The van der Waals surface area contributed by atoms with E-state index in [0.29, 0.717) is 17.6 Å². The molecule has 2 fully saturated rings. The summed E-state index contributed by atoms with van der Waals surface area (Å²) in [6.07, 6.45) is 10.3. The van der Waals surface area contributed by atoms with E-state index in [1.54, 1.807) is 13.1 Å². The van der Waals surface area contributed by atoms with E-state index < -0.39 is 0 Å². The molecule has 2 aromatic heterocycles. The quantitative estimate of drug-likeness (QED) is 0.713. The Kier molecular flexibility index (Phi) is 6.65. The molecule has 1 saturated heterocycles. The predicted molar refractivity (Wildman–Crippen MR) is 116 cm³/mol. The van der Waals surface area contributed by atoms with Gasteiger partial charge < -0.3 is 14.3 Å². The monoisotopic (exact) mass is 411 g/mol. The molecule has 0 spiro atoms. The minimum absolute atomic E-state index is 0.241. The van der Waals surface area contributed by atoms with E-state index in [1.807, 2.05) is 12.1 Å². The van der Waals surface area contributed by atoms with Gasteiger partial charge in [-0.05, 0) is 43.7 Å². The molecule has 1 aliphatic heterocycles. The van der Waals surface area contributed by atoms with Crippen molar-refractivity contribution in [2.24, 2.45) is 11.8 Å². The first-order chi connectivity index (χ1) is 14.6. The number of nitrogens with zero attached hydrogens (tertiary/aromatic N) is 5. The molecule has 162 valence electrons. The largest absolute Gasteiger partial charge is 0.353 e. The summed E-state index contributed by atoms with van der Waals surface area (Å²) in [6, 6.07) is 3.97. The van der Waals surface area contributed by atoms with Crippen LogP contribution in [0.25, 0.3) is 11.4 Å². The Morgan fingerprint density at radius 2 is 1.90 bits per heavy atom. The number of aryl methyl sites for hydroxylation is 1. The van der Waals surface area contributed by atoms with Crippen LogP contribution in [0.15, 0.2) is 22.9 Å². The number of aromatic nitrogens is 3. The van der Waals surface area contributed by atoms with Crippen molar-refractivity contribution >= 4 is 11.7 Å². The van der Waals surface area contributed by atoms with Crippen LogP contribution in [0.3, 0.4) is 0 Å². The highest BCUT2D eigenvalue weighted by Crippen LogP contribution is 2.33. The molecule has 30 heavy (non-hydrogen) atoms. The Morgan fingerprint density at radius 1 is 1.13 bits per heavy atom. The first-order valence-electron chi connectivity index (χ1n) is 11.4. The number of anilines is 1. The lowest BCUT2D eigenvalue weighted by Gasteiger charge is -2.38. The van der Waals surface area contributed by atoms with Gasteiger partial charge in [0.15, 0.2) is 0 Å². The lowest BCUT2D eigenvalue weighted by Crippen LogP contribution is -2.51. The number of hydrogen-bond acceptors (Lipinski definition) is 6. The summed E-state index contributed by atoms with van der Waals surface area (Å²) in [7, 11) is 0. The molecule has 1 amide bonds. The van der Waals surface area contributed by atoms with Gasteiger partial charge in [0.05, 0.1) is 0 Å². The number of pyridine rings is 1. The van der Waals surface area contributed by atoms with Crippen molar-refractivity contribution in [2.45, 2.75) is 58.8 Å². The van der Waals surface area contributed by atoms with Gasteiger partial charge in [0, 0.05) is 50.8 Å². The van der Waals surface area contributed by atoms with Gasteiger partial charge in [-0.3, -0.25) is 4.79 Å². The molecule has 0 unspecified atom stereocenters. The summed E-state index contributed by atoms with van der Waals surface area (Å²) in [5.41, 5.74) is 0.846. The van der Waals surface area contributed by atoms with Crippen molar-refractivity contribution in [3.8, 4) is 11.4 Å². The highest BCUT2D eigenvalue weighted by Gasteiger charge is 2.31. The average Bonchev–Trinajstić information content (AvgIpc) is 3.24. The van der Waals surface area contributed by atoms with Crippen LogP contribution in [0.1, 0.15) is 57.8 Å². The Morgan fingerprint density at radius 3 is 2.50 bits per heavy atom. The summed E-state index contributed by atoms with van der Waals surface area (Å²) in [6.45, 7) is 7.24. The molecule has 3 heterocycles. The maximum absolute atomic E-state index is 13.0. The Balaban J connectivity index is 1.26. The van der Waals surface area contributed by atoms with Crippen LogP contribution < -0.4 is 4.90 Å². The molecule has 0 bridgehead atoms. The number of piperazine rings is 1. The maximum atomic E-state index is 13.0. The lowest BCUT2D eigenvalue weighted by molar-refractivity contribution is -0.137. The second kappa shape index (κ2) is 9.58. The Labute approximate surface area is 178 Å². The number of amides is 1. The van der Waals surface area contributed by atoms with Crippen LogP contribution in [0.5, 0.6) is 0 Å². The number of hydrogen-bond donors (Lipinski definition) is 0. The number of carbonyl (C=O) groups excluding carboxylic acids is 1. The summed E-state index contributed by atoms with van der Waals surface area (Å²) in [4.78, 5) is 26.1. The van der Waals surface area contributed by atoms with Crippen molar-refractivity contribution in [1.82, 2.24) is 20.0 Å². The van der Waals surface area contributed by atoms with E-state index in [0.717, 1.165) is 56.3 Å². The van der Waals surface area contributed by atoms with Gasteiger partial charge in [-0.15, -0.1) is 0 Å². The molecule has 1 aliphatic carbocycles. The van der Waals surface area contributed by atoms with Gasteiger partial charge in [-0.1, -0.05) is 31.3 Å². The van der Waals surface area contributed by atoms with Crippen LogP contribution in [-0.4, -0.2) is 52.1 Å². The molecular weight excluding hydrogens is 378 g/mol. The molecule has 2 aliphatic rings. The van der Waals surface area contributed by atoms with E-state index in [-0.39, 0.29) is 5.92 Å². The molecule has 0 atom stereocenters. The summed E-state index contributed by atoms with van der Waals surface area (Å²) in [5, 5.41) is 3.94. The second-order valence-electron chi connectivity index (χ2n) is 8.71. The fourth-order valence-electron chi connectivity index (χ4n) is 4.73. The molecule has 1 saturated carbocycles. The zero-order valence-electron chi connectivity index (χ0n) is 18.2. The van der Waals surface area contributed by atoms with Crippen molar-refractivity contribution in [3.63, 3.8) is 0 Å². The highest BCUT2D eigenvalue weighted by atomic mass is 16.5. The third-order valence-corrected chi connectivity index (χ3v) is 6.61. The van der Waals surface area contributed by atoms with Gasteiger partial charge in [-0.25, -0.2) is 4.98 Å². The van der Waals surface area contributed by atoms with Crippen molar-refractivity contribution in [2.75, 3.05) is 31.1 Å². The van der Waals surface area contributed by atoms with Gasteiger partial charge in [0.25, 0.3) is 0 Å². The minimum Gasteiger partial charge on any atom is -0.353 e. The molecule has 2 aromatic rings. The SMILES string of the molecule is CCCCC1CCC(C(=O)N2CCN(c3ccc(-c4noc(C)n4)cn3)CC2)CC1. The molecule has 7 nitrogen and oxygen atoms in total. The van der Waals surface area contributed by atoms with Crippen LogP contribution in [-0.2, 0) is 4.79 Å². The zero-order chi connectivity index (χ0) is 20.9. The van der Waals surface area contributed by atoms with Crippen molar-refractivity contribution in [3.05, 3.63) is 24.2 Å². The smallest absolute Gasteiger partial charge is 0.225 e. The normalized spacial score (nSPS) is 22.3. The Hall–Kier alpha value is -2.44. The summed E-state index contributed by atoms with van der Waals surface area (Å²) >= 11 is 0. The first-order valence-corrected chi connectivity index (χ1v) is 11.4. The first kappa shape index (κ1) is 20.8. The van der Waals surface area contributed by atoms with Crippen LogP contribution in [0, 0.1) is 18.8 Å². The fraction of sp³-hybridized carbons (Fsp3) is 0.652. The van der Waals surface area contributed by atoms with Crippen molar-refractivity contribution < 1.29 is 9.32 Å². The third-order valence-electron chi connectivity index (χ3n) is 6.61. The van der Waals surface area contributed by atoms with Gasteiger partial charge in [0.1, 0.15) is 5.82 Å². The van der Waals surface area contributed by atoms with Crippen molar-refractivity contribution in [1.29, 1.82) is 0 Å². The van der Waals surface area contributed by atoms with E-state index in [2.05, 4.69) is 31.8 Å². The number of unbranched alkanes of at least 4 members (excludes halogenated alkanes) is 1. The van der Waals surface area contributed by atoms with Gasteiger partial charge in [-0.2, -0.15) is 4.98 Å². The topological polar surface area (TPSA) is 75.4 Å². The van der Waals surface area contributed by atoms with Crippen LogP contribution >= 0.6 is 0 Å². The van der Waals surface area contributed by atoms with E-state index in [9.17, 15) is 4.79 Å². The molecular formula is C23H33N5O2. The lowest BCUT2D eigenvalue weighted by atomic mass is 9.79. The highest BCUT2D eigenvalue weighted by molar-refractivity contribution is 5.79. The second-order valence-corrected chi connectivity index (χ2v) is 8.71. The minimum atomic E-state index is 0.241. The van der Waals surface area contributed by atoms with Gasteiger partial charge >= 0.3 is 0 Å². The van der Waals surface area contributed by atoms with Crippen LogP contribution in [0.2, 0.25) is 0 Å². The zero-order valence-corrected chi connectivity index (χ0v) is 18.2. The Bertz CT molecular complexity index is 818. The number of rotatable bonds is 6. The van der Waals surface area contributed by atoms with E-state index >= 15 is 0 Å². The van der Waals surface area contributed by atoms with Gasteiger partial charge in [0.2, 0.25) is 17.6 Å². The standard InChI is InChI=1S/C23H33N5O2/c1-3-4-5-18-6-8-19(9-7-18)23(29)28-14-12-27(13-15-28)21-11-10-20(16-24-21)22-25-17(2)30-26-22/h10-11,16,18-19H,3-9,12-15H2,1-2H3. The molecule has 0 aromatic carbocycles. The molecule has 0 N–H and O–H groups in total. The molecule has 4 rings (SSSR count). The third kappa shape index (κ3) is 4.82. The molecule has 7 heteroatoms. The number of carbonyl (C=O) groups is 1. The molecule has 0 radical (unpaired) electrons. The fourth-order valence-corrected chi connectivity index (χ4v) is 4.73.